The topological polar surface area (TPSA) is 26.0 Å². The normalized spacial score (nSPS) is 42.5. The van der Waals surface area contributed by atoms with Gasteiger partial charge in [0.15, 0.2) is 0 Å². The molecule has 2 N–H and O–H groups in total. The van der Waals surface area contributed by atoms with Crippen molar-refractivity contribution in [2.45, 2.75) is 90.0 Å². The lowest BCUT2D eigenvalue weighted by Gasteiger charge is -2.44. The van der Waals surface area contributed by atoms with Crippen LogP contribution < -0.4 is 5.73 Å². The van der Waals surface area contributed by atoms with Gasteiger partial charge in [0.1, 0.15) is 0 Å². The molecule has 0 aliphatic heterocycles. The van der Waals surface area contributed by atoms with Gasteiger partial charge in [-0.3, -0.25) is 0 Å². The third-order valence-electron chi connectivity index (χ3n) is 6.02. The van der Waals surface area contributed by atoms with E-state index in [2.05, 4.69) is 13.8 Å². The highest BCUT2D eigenvalue weighted by molar-refractivity contribution is 4.97. The predicted molar refractivity (Wildman–Crippen MR) is 79.5 cm³/mol. The molecule has 4 atom stereocenters. The molecule has 0 radical (unpaired) electrons. The van der Waals surface area contributed by atoms with Crippen LogP contribution in [0.25, 0.3) is 0 Å². The molecule has 0 aromatic heterocycles. The van der Waals surface area contributed by atoms with Crippen molar-refractivity contribution < 1.29 is 0 Å². The summed E-state index contributed by atoms with van der Waals surface area (Å²) in [4.78, 5) is 0. The molecule has 18 heavy (non-hydrogen) atoms. The van der Waals surface area contributed by atoms with E-state index < -0.39 is 0 Å². The molecule has 0 bridgehead atoms. The minimum atomic E-state index is 0.186. The Morgan fingerprint density at radius 3 is 2.39 bits per heavy atom. The molecule has 0 aromatic carbocycles. The minimum Gasteiger partial charge on any atom is -0.325 e. The van der Waals surface area contributed by atoms with Crippen LogP contribution in [0.1, 0.15) is 84.5 Å². The summed E-state index contributed by atoms with van der Waals surface area (Å²) in [6.45, 7) is 4.72. The van der Waals surface area contributed by atoms with Gasteiger partial charge in [-0.1, -0.05) is 58.8 Å². The van der Waals surface area contributed by atoms with Gasteiger partial charge >= 0.3 is 0 Å². The fourth-order valence-corrected chi connectivity index (χ4v) is 4.69. The van der Waals surface area contributed by atoms with E-state index in [1.165, 1.54) is 70.6 Å². The lowest BCUT2D eigenvalue weighted by atomic mass is 9.65. The summed E-state index contributed by atoms with van der Waals surface area (Å²) < 4.78 is 0. The minimum absolute atomic E-state index is 0.186. The van der Waals surface area contributed by atoms with Crippen LogP contribution in [0.5, 0.6) is 0 Å². The second-order valence-electron chi connectivity index (χ2n) is 7.00. The Morgan fingerprint density at radius 2 is 1.67 bits per heavy atom. The molecule has 106 valence electrons. The largest absolute Gasteiger partial charge is 0.325 e. The molecule has 2 saturated carbocycles. The van der Waals surface area contributed by atoms with E-state index in [1.807, 2.05) is 0 Å². The second-order valence-corrected chi connectivity index (χ2v) is 7.00. The van der Waals surface area contributed by atoms with E-state index in [9.17, 15) is 0 Å². The summed E-state index contributed by atoms with van der Waals surface area (Å²) in [5.41, 5.74) is 7.10. The standard InChI is InChI=1S/C17H33N/c1-3-14-8-7-12-17(18,13-11-14)16-10-6-5-9-15(16)4-2/h14-16H,3-13,18H2,1-2H3. The van der Waals surface area contributed by atoms with Crippen molar-refractivity contribution in [3.05, 3.63) is 0 Å². The van der Waals surface area contributed by atoms with Gasteiger partial charge in [0.25, 0.3) is 0 Å². The van der Waals surface area contributed by atoms with Crippen molar-refractivity contribution >= 4 is 0 Å². The van der Waals surface area contributed by atoms with Gasteiger partial charge in [-0.25, -0.2) is 0 Å². The van der Waals surface area contributed by atoms with Crippen molar-refractivity contribution in [1.82, 2.24) is 0 Å². The molecule has 0 heterocycles. The van der Waals surface area contributed by atoms with Gasteiger partial charge in [0.2, 0.25) is 0 Å². The Hall–Kier alpha value is -0.0400. The van der Waals surface area contributed by atoms with Gasteiger partial charge < -0.3 is 5.73 Å². The Morgan fingerprint density at radius 1 is 0.889 bits per heavy atom. The zero-order chi connectivity index (χ0) is 13.0. The molecular weight excluding hydrogens is 218 g/mol. The molecule has 0 aromatic rings. The van der Waals surface area contributed by atoms with Crippen molar-refractivity contribution in [2.75, 3.05) is 0 Å². The van der Waals surface area contributed by atoms with Gasteiger partial charge in [-0.05, 0) is 43.4 Å². The summed E-state index contributed by atoms with van der Waals surface area (Å²) in [6, 6.07) is 0. The quantitative estimate of drug-likeness (QED) is 0.710. The van der Waals surface area contributed by atoms with E-state index in [-0.39, 0.29) is 5.54 Å². The van der Waals surface area contributed by atoms with Gasteiger partial charge in [0.05, 0.1) is 0 Å². The average Bonchev–Trinajstić information content (AvgIpc) is 2.61. The Kier molecular flexibility index (Phi) is 5.12. The number of hydrogen-bond acceptors (Lipinski definition) is 1. The Bertz CT molecular complexity index is 250. The van der Waals surface area contributed by atoms with Gasteiger partial charge in [-0.2, -0.15) is 0 Å². The first kappa shape index (κ1) is 14.4. The highest BCUT2D eigenvalue weighted by Crippen LogP contribution is 2.44. The Labute approximate surface area is 114 Å². The molecular formula is C17H33N. The molecule has 0 saturated heterocycles. The number of rotatable bonds is 3. The van der Waals surface area contributed by atoms with Crippen LogP contribution in [0.15, 0.2) is 0 Å². The smallest absolute Gasteiger partial charge is 0.0185 e. The van der Waals surface area contributed by atoms with Gasteiger partial charge in [-0.15, -0.1) is 0 Å². The maximum atomic E-state index is 6.92. The summed E-state index contributed by atoms with van der Waals surface area (Å²) in [6.07, 6.45) is 15.2. The molecule has 2 aliphatic rings. The molecule has 2 rings (SSSR count). The monoisotopic (exact) mass is 251 g/mol. The van der Waals surface area contributed by atoms with E-state index >= 15 is 0 Å². The van der Waals surface area contributed by atoms with Crippen molar-refractivity contribution in [3.63, 3.8) is 0 Å². The lowest BCUT2D eigenvalue weighted by molar-refractivity contribution is 0.113. The summed E-state index contributed by atoms with van der Waals surface area (Å²) >= 11 is 0. The highest BCUT2D eigenvalue weighted by Gasteiger charge is 2.40. The SMILES string of the molecule is CCC1CCCC(N)(C2CCCCC2CC)CC1. The van der Waals surface area contributed by atoms with E-state index in [0.29, 0.717) is 0 Å². The molecule has 2 aliphatic carbocycles. The highest BCUT2D eigenvalue weighted by atomic mass is 14.8. The molecule has 2 fully saturated rings. The lowest BCUT2D eigenvalue weighted by Crippen LogP contribution is -2.50. The third kappa shape index (κ3) is 3.10. The van der Waals surface area contributed by atoms with Crippen LogP contribution >= 0.6 is 0 Å². The van der Waals surface area contributed by atoms with Crippen LogP contribution in [0.2, 0.25) is 0 Å². The number of nitrogens with two attached hydrogens (primary N) is 1. The van der Waals surface area contributed by atoms with Crippen molar-refractivity contribution in [3.8, 4) is 0 Å². The maximum absolute atomic E-state index is 6.92. The summed E-state index contributed by atoms with van der Waals surface area (Å²) in [5, 5.41) is 0. The predicted octanol–water partition coefficient (Wildman–Crippen LogP) is 4.89. The fraction of sp³-hybridized carbons (Fsp3) is 1.00. The van der Waals surface area contributed by atoms with Crippen LogP contribution in [0.4, 0.5) is 0 Å². The molecule has 4 unspecified atom stereocenters. The van der Waals surface area contributed by atoms with Crippen LogP contribution in [0.3, 0.4) is 0 Å². The van der Waals surface area contributed by atoms with E-state index in [4.69, 9.17) is 5.73 Å². The zero-order valence-corrected chi connectivity index (χ0v) is 12.6. The zero-order valence-electron chi connectivity index (χ0n) is 12.6. The molecule has 0 amide bonds. The first-order valence-electron chi connectivity index (χ1n) is 8.48. The summed E-state index contributed by atoms with van der Waals surface area (Å²) in [7, 11) is 0. The van der Waals surface area contributed by atoms with Crippen molar-refractivity contribution in [1.29, 1.82) is 0 Å². The third-order valence-corrected chi connectivity index (χ3v) is 6.02. The van der Waals surface area contributed by atoms with Crippen LogP contribution in [-0.4, -0.2) is 5.54 Å². The van der Waals surface area contributed by atoms with E-state index in [0.717, 1.165) is 17.8 Å². The van der Waals surface area contributed by atoms with Crippen molar-refractivity contribution in [2.24, 2.45) is 23.5 Å². The molecule has 1 heteroatoms. The molecule has 0 spiro atoms. The fourth-order valence-electron chi connectivity index (χ4n) is 4.69. The van der Waals surface area contributed by atoms with E-state index in [1.54, 1.807) is 0 Å². The van der Waals surface area contributed by atoms with Crippen LogP contribution in [0, 0.1) is 17.8 Å². The first-order valence-corrected chi connectivity index (χ1v) is 8.48. The van der Waals surface area contributed by atoms with Gasteiger partial charge in [0, 0.05) is 5.54 Å². The first-order chi connectivity index (χ1) is 8.69. The van der Waals surface area contributed by atoms with Crippen LogP contribution in [-0.2, 0) is 0 Å². The maximum Gasteiger partial charge on any atom is 0.0185 e. The Balaban J connectivity index is 2.04. The second kappa shape index (κ2) is 6.41. The molecule has 1 nitrogen and oxygen atoms in total. The number of hydrogen-bond donors (Lipinski definition) is 1. The average molecular weight is 251 g/mol. The summed E-state index contributed by atoms with van der Waals surface area (Å²) in [5.74, 6) is 2.70.